The molecule has 0 bridgehead atoms. The number of nitrogens with one attached hydrogen (secondary N) is 1. The molecule has 0 aromatic heterocycles. The largest absolute Gasteiger partial charge is 0.346 e. The van der Waals surface area contributed by atoms with Crippen LogP contribution in [0, 0.1) is 11.3 Å². The third-order valence-electron chi connectivity index (χ3n) is 6.61. The molecule has 1 rings (SSSR count). The summed E-state index contributed by atoms with van der Waals surface area (Å²) < 4.78 is 18.0. The van der Waals surface area contributed by atoms with Crippen molar-refractivity contribution in [1.82, 2.24) is 10.4 Å². The lowest BCUT2D eigenvalue weighted by atomic mass is 9.63. The molecule has 6 heteroatoms. The molecule has 0 saturated carbocycles. The van der Waals surface area contributed by atoms with Crippen LogP contribution >= 0.6 is 7.60 Å². The minimum Gasteiger partial charge on any atom is -0.323 e. The lowest BCUT2D eigenvalue weighted by molar-refractivity contribution is -0.0984. The molecule has 1 aliphatic rings. The summed E-state index contributed by atoms with van der Waals surface area (Å²) in [5.41, 5.74) is 3.41. The highest BCUT2D eigenvalue weighted by atomic mass is 31.2. The first kappa shape index (κ1) is 23.1. The van der Waals surface area contributed by atoms with E-state index >= 15 is 0 Å². The lowest BCUT2D eigenvalue weighted by Gasteiger charge is -2.57. The molecule has 0 aromatic carbocycles. The van der Waals surface area contributed by atoms with Gasteiger partial charge in [0.1, 0.15) is 5.78 Å². The fraction of sp³-hybridized carbons (Fsp3) is 1.00. The van der Waals surface area contributed by atoms with E-state index in [1.807, 2.05) is 0 Å². The Kier molecular flexibility index (Phi) is 8.62. The fourth-order valence-corrected chi connectivity index (χ4v) is 5.00. The van der Waals surface area contributed by atoms with E-state index in [1.165, 1.54) is 0 Å². The van der Waals surface area contributed by atoms with Crippen molar-refractivity contribution in [2.75, 3.05) is 13.2 Å². The summed E-state index contributed by atoms with van der Waals surface area (Å²) in [6.45, 7) is 16.4. The highest BCUT2D eigenvalue weighted by Crippen LogP contribution is 2.51. The Labute approximate surface area is 155 Å². The highest BCUT2D eigenvalue weighted by Gasteiger charge is 2.49. The van der Waals surface area contributed by atoms with Crippen LogP contribution in [-0.4, -0.2) is 34.4 Å². The van der Waals surface area contributed by atoms with E-state index in [0.717, 1.165) is 38.6 Å². The van der Waals surface area contributed by atoms with E-state index in [2.05, 4.69) is 52.0 Å². The summed E-state index contributed by atoms with van der Waals surface area (Å²) in [4.78, 5) is 10.5. The van der Waals surface area contributed by atoms with Gasteiger partial charge in [-0.1, -0.05) is 53.4 Å². The first-order chi connectivity index (χ1) is 11.5. The van der Waals surface area contributed by atoms with E-state index in [0.29, 0.717) is 12.3 Å². The predicted octanol–water partition coefficient (Wildman–Crippen LogP) is 5.16. The molecule has 2 N–H and O–H groups in total. The van der Waals surface area contributed by atoms with Gasteiger partial charge in [0.05, 0.1) is 6.61 Å². The molecule has 0 spiro atoms. The number of piperidine rings is 1. The maximum Gasteiger partial charge on any atom is 0.346 e. The number of rotatable bonds is 10. The second-order valence-corrected chi connectivity index (χ2v) is 10.6. The van der Waals surface area contributed by atoms with Crippen molar-refractivity contribution in [1.29, 1.82) is 0 Å². The quantitative estimate of drug-likeness (QED) is 0.407. The molecule has 150 valence electrons. The van der Waals surface area contributed by atoms with E-state index in [-0.39, 0.29) is 17.6 Å². The number of unbranched alkanes of at least 4 members (excludes halogenated alkanes) is 3. The van der Waals surface area contributed by atoms with Crippen LogP contribution in [0.4, 0.5) is 0 Å². The Morgan fingerprint density at radius 2 is 1.88 bits per heavy atom. The molecule has 0 amide bonds. The van der Waals surface area contributed by atoms with Crippen LogP contribution in [0.15, 0.2) is 0 Å². The van der Waals surface area contributed by atoms with Crippen LogP contribution in [0.2, 0.25) is 0 Å². The van der Waals surface area contributed by atoms with Crippen molar-refractivity contribution >= 4 is 7.60 Å². The van der Waals surface area contributed by atoms with E-state index in [9.17, 15) is 9.46 Å². The lowest BCUT2D eigenvalue weighted by Crippen LogP contribution is -2.66. The van der Waals surface area contributed by atoms with Crippen LogP contribution in [0.25, 0.3) is 0 Å². The van der Waals surface area contributed by atoms with Gasteiger partial charge in [-0.2, -0.15) is 0 Å². The Morgan fingerprint density at radius 1 is 1.24 bits per heavy atom. The molecule has 3 unspecified atom stereocenters. The average molecular weight is 377 g/mol. The van der Waals surface area contributed by atoms with Gasteiger partial charge in [0.25, 0.3) is 0 Å². The van der Waals surface area contributed by atoms with Gasteiger partial charge in [0, 0.05) is 12.1 Å². The average Bonchev–Trinajstić information content (AvgIpc) is 2.51. The van der Waals surface area contributed by atoms with Crippen LogP contribution < -0.4 is 5.43 Å². The van der Waals surface area contributed by atoms with E-state index in [4.69, 9.17) is 4.52 Å². The third-order valence-corrected chi connectivity index (χ3v) is 8.40. The molecule has 0 radical (unpaired) electrons. The molecule has 1 aliphatic heterocycles. The Bertz CT molecular complexity index is 454. The molecule has 1 heterocycles. The van der Waals surface area contributed by atoms with Gasteiger partial charge in [-0.15, -0.1) is 0 Å². The Balaban J connectivity index is 2.90. The third kappa shape index (κ3) is 5.52. The van der Waals surface area contributed by atoms with Crippen LogP contribution in [0.5, 0.6) is 0 Å². The van der Waals surface area contributed by atoms with Crippen molar-refractivity contribution in [3.8, 4) is 0 Å². The number of hydrogen-bond donors (Lipinski definition) is 2. The minimum absolute atomic E-state index is 0.107. The monoisotopic (exact) mass is 376 g/mol. The van der Waals surface area contributed by atoms with Crippen LogP contribution in [0.1, 0.15) is 87.0 Å². The van der Waals surface area contributed by atoms with Crippen molar-refractivity contribution in [3.63, 3.8) is 0 Å². The molecular formula is C19H41N2O3P. The summed E-state index contributed by atoms with van der Waals surface area (Å²) in [7, 11) is -3.68. The topological polar surface area (TPSA) is 61.8 Å². The van der Waals surface area contributed by atoms with Gasteiger partial charge in [-0.3, -0.25) is 4.57 Å². The zero-order valence-corrected chi connectivity index (χ0v) is 18.4. The van der Waals surface area contributed by atoms with Crippen molar-refractivity contribution < 1.29 is 14.0 Å². The van der Waals surface area contributed by atoms with Gasteiger partial charge in [-0.05, 0) is 44.9 Å². The second kappa shape index (κ2) is 9.32. The second-order valence-electron chi connectivity index (χ2n) is 8.60. The van der Waals surface area contributed by atoms with Gasteiger partial charge in [0.15, 0.2) is 0 Å². The Hall–Kier alpha value is 0.0700. The van der Waals surface area contributed by atoms with Gasteiger partial charge in [-0.25, -0.2) is 10.4 Å². The number of hydrazine groups is 1. The maximum atomic E-state index is 12.7. The normalized spacial score (nSPS) is 27.0. The smallest absolute Gasteiger partial charge is 0.323 e. The zero-order chi connectivity index (χ0) is 19.3. The highest BCUT2D eigenvalue weighted by molar-refractivity contribution is 7.53. The van der Waals surface area contributed by atoms with E-state index < -0.39 is 13.4 Å². The molecule has 1 fully saturated rings. The minimum atomic E-state index is -3.68. The van der Waals surface area contributed by atoms with E-state index in [1.54, 1.807) is 6.92 Å². The molecular weight excluding hydrogens is 335 g/mol. The molecule has 5 nitrogen and oxygen atoms in total. The standard InChI is InChI=1S/C19H41N2O3P/c1-8-10-11-12-13-17(25(22,23)24-9-2)20-21-15-14-16(3)18(4,5)19(21,6)7/h16-17,20H,8-15H2,1-7H3,(H,22,23). The zero-order valence-electron chi connectivity index (χ0n) is 17.5. The maximum absolute atomic E-state index is 12.7. The summed E-state index contributed by atoms with van der Waals surface area (Å²) in [5, 5.41) is 2.19. The fourth-order valence-electron chi connectivity index (χ4n) is 3.66. The molecule has 0 aromatic rings. The van der Waals surface area contributed by atoms with Crippen molar-refractivity contribution in [2.45, 2.75) is 98.3 Å². The molecule has 0 aliphatic carbocycles. The predicted molar refractivity (Wildman–Crippen MR) is 105 cm³/mol. The molecule has 1 saturated heterocycles. The van der Waals surface area contributed by atoms with Gasteiger partial charge < -0.3 is 9.42 Å². The number of hydrogen-bond acceptors (Lipinski definition) is 4. The summed E-state index contributed by atoms with van der Waals surface area (Å²) in [5.74, 6) is 0.0733. The first-order valence-electron chi connectivity index (χ1n) is 10.0. The van der Waals surface area contributed by atoms with Crippen molar-refractivity contribution in [2.24, 2.45) is 11.3 Å². The summed E-state index contributed by atoms with van der Waals surface area (Å²) in [6.07, 6.45) is 6.10. The van der Waals surface area contributed by atoms with Crippen LogP contribution in [-0.2, 0) is 9.09 Å². The van der Waals surface area contributed by atoms with Gasteiger partial charge in [0.2, 0.25) is 0 Å². The van der Waals surface area contributed by atoms with Crippen molar-refractivity contribution in [3.05, 3.63) is 0 Å². The number of nitrogens with zero attached hydrogens (tertiary/aromatic N) is 1. The SMILES string of the molecule is CCCCCCC(NN1CCC(C)C(C)(C)C1(C)C)P(=O)(O)OCC. The Morgan fingerprint density at radius 3 is 2.44 bits per heavy atom. The van der Waals surface area contributed by atoms with Crippen LogP contribution in [0.3, 0.4) is 0 Å². The molecule has 3 atom stereocenters. The first-order valence-corrected chi connectivity index (χ1v) is 11.7. The summed E-state index contributed by atoms with van der Waals surface area (Å²) in [6, 6.07) is 0. The van der Waals surface area contributed by atoms with Gasteiger partial charge >= 0.3 is 7.60 Å². The summed E-state index contributed by atoms with van der Waals surface area (Å²) >= 11 is 0. The molecule has 25 heavy (non-hydrogen) atoms.